The molecule has 4 nitrogen and oxygen atoms in total. The van der Waals surface area contributed by atoms with Crippen molar-refractivity contribution in [2.24, 2.45) is 28.7 Å². The van der Waals surface area contributed by atoms with Gasteiger partial charge in [0.2, 0.25) is 5.91 Å². The topological polar surface area (TPSA) is 61.7 Å². The molecule has 2 N–H and O–H groups in total. The molecule has 3 bridgehead atoms. The molecule has 6 heteroatoms. The van der Waals surface area contributed by atoms with Gasteiger partial charge in [-0.25, -0.2) is 0 Å². The zero-order valence-electron chi connectivity index (χ0n) is 17.0. The predicted octanol–water partition coefficient (Wildman–Crippen LogP) is 4.52. The number of aliphatic hydroxyl groups is 1. The van der Waals surface area contributed by atoms with Gasteiger partial charge in [0.15, 0.2) is 0 Å². The number of rotatable bonds is 5. The van der Waals surface area contributed by atoms with Crippen molar-refractivity contribution in [3.8, 4) is 0 Å². The second-order valence-electron chi connectivity index (χ2n) is 9.57. The Morgan fingerprint density at radius 1 is 1.17 bits per heavy atom. The molecule has 7 atom stereocenters. The molecule has 1 aliphatic heterocycles. The summed E-state index contributed by atoms with van der Waals surface area (Å²) < 4.78 is 0. The minimum atomic E-state index is -0.488. The Morgan fingerprint density at radius 2 is 1.93 bits per heavy atom. The summed E-state index contributed by atoms with van der Waals surface area (Å²) in [5.74, 6) is 2.18. The number of dihydropyridines is 1. The van der Waals surface area contributed by atoms with Gasteiger partial charge in [0.1, 0.15) is 10.5 Å². The van der Waals surface area contributed by atoms with Crippen molar-refractivity contribution in [3.05, 3.63) is 48.0 Å². The van der Waals surface area contributed by atoms with Crippen LogP contribution in [-0.4, -0.2) is 33.2 Å². The van der Waals surface area contributed by atoms with Gasteiger partial charge in [-0.05, 0) is 67.9 Å². The van der Waals surface area contributed by atoms with E-state index in [2.05, 4.69) is 22.4 Å². The lowest BCUT2D eigenvalue weighted by atomic mass is 9.75. The fourth-order valence-corrected chi connectivity index (χ4v) is 7.58. The third kappa shape index (κ3) is 4.21. The molecular formula is C24H29ClN2O2S. The van der Waals surface area contributed by atoms with E-state index < -0.39 is 5.60 Å². The van der Waals surface area contributed by atoms with Crippen LogP contribution in [-0.2, 0) is 10.5 Å². The number of carbonyl (C=O) groups excluding carboxylic acids is 1. The molecule has 1 aromatic carbocycles. The highest BCUT2D eigenvalue weighted by Crippen LogP contribution is 2.55. The first-order valence-corrected chi connectivity index (χ1v) is 12.5. The van der Waals surface area contributed by atoms with Gasteiger partial charge < -0.3 is 10.4 Å². The standard InChI is InChI=1S/C24H29ClN2O2S/c25-21-9-7-19(23(27-21)30-14-15-4-2-1-3-5-15)22(28)26-20-8-6-16-11-24(29)12-17(16)10-18(20)13-24/h1-5,7,9,16-20,23,29H,6,8,10-14H2,(H,26,28)/t16?,17?,18?,19?,20-,23?,24-/m1/s1. The van der Waals surface area contributed by atoms with E-state index in [1.165, 1.54) is 5.56 Å². The monoisotopic (exact) mass is 444 g/mol. The average molecular weight is 445 g/mol. The smallest absolute Gasteiger partial charge is 0.230 e. The molecule has 0 saturated heterocycles. The van der Waals surface area contributed by atoms with E-state index in [9.17, 15) is 9.90 Å². The van der Waals surface area contributed by atoms with Gasteiger partial charge in [0.05, 0.1) is 11.5 Å². The normalized spacial score (nSPS) is 39.5. The number of hydrogen-bond acceptors (Lipinski definition) is 4. The molecule has 5 rings (SSSR count). The van der Waals surface area contributed by atoms with Crippen LogP contribution < -0.4 is 5.32 Å². The number of thioether (sulfide) groups is 1. The van der Waals surface area contributed by atoms with Crippen LogP contribution in [0.5, 0.6) is 0 Å². The van der Waals surface area contributed by atoms with Crippen LogP contribution in [0.3, 0.4) is 0 Å². The maximum Gasteiger partial charge on any atom is 0.230 e. The van der Waals surface area contributed by atoms with Crippen molar-refractivity contribution < 1.29 is 9.90 Å². The number of amides is 1. The third-order valence-corrected chi connectivity index (χ3v) is 8.97. The molecule has 4 aliphatic rings. The van der Waals surface area contributed by atoms with E-state index in [1.54, 1.807) is 17.8 Å². The highest BCUT2D eigenvalue weighted by molar-refractivity contribution is 7.99. The minimum Gasteiger partial charge on any atom is -0.390 e. The van der Waals surface area contributed by atoms with E-state index >= 15 is 0 Å². The van der Waals surface area contributed by atoms with Gasteiger partial charge in [0.25, 0.3) is 0 Å². The summed E-state index contributed by atoms with van der Waals surface area (Å²) >= 11 is 7.83. The fraction of sp³-hybridized carbons (Fsp3) is 0.583. The molecular weight excluding hydrogens is 416 g/mol. The zero-order chi connectivity index (χ0) is 20.7. The first kappa shape index (κ1) is 20.6. The van der Waals surface area contributed by atoms with E-state index in [0.717, 1.165) is 44.3 Å². The van der Waals surface area contributed by atoms with Crippen LogP contribution in [0.4, 0.5) is 0 Å². The Hall–Kier alpha value is -1.30. The van der Waals surface area contributed by atoms with E-state index in [0.29, 0.717) is 22.9 Å². The second-order valence-corrected chi connectivity index (χ2v) is 11.1. The number of hydrogen-bond donors (Lipinski definition) is 2. The van der Waals surface area contributed by atoms with Crippen molar-refractivity contribution in [2.45, 2.75) is 61.3 Å². The SMILES string of the molecule is O=C(N[C@@H]1CCC2C[C@@]3(O)CC2CC1C3)C1C=CC(Cl)=NC1SCc1ccccc1. The van der Waals surface area contributed by atoms with Crippen LogP contribution in [0.15, 0.2) is 47.5 Å². The lowest BCUT2D eigenvalue weighted by Crippen LogP contribution is -2.48. The Bertz CT molecular complexity index is 860. The van der Waals surface area contributed by atoms with Crippen molar-refractivity contribution in [1.29, 1.82) is 0 Å². The quantitative estimate of drug-likeness (QED) is 0.702. The third-order valence-electron chi connectivity index (χ3n) is 7.51. The van der Waals surface area contributed by atoms with Gasteiger partial charge in [-0.3, -0.25) is 9.79 Å². The molecule has 1 amide bonds. The zero-order valence-corrected chi connectivity index (χ0v) is 18.6. The Balaban J connectivity index is 1.25. The van der Waals surface area contributed by atoms with Gasteiger partial charge >= 0.3 is 0 Å². The maximum atomic E-state index is 13.3. The van der Waals surface area contributed by atoms with Gasteiger partial charge in [-0.1, -0.05) is 48.0 Å². The summed E-state index contributed by atoms with van der Waals surface area (Å²) in [6, 6.07) is 10.4. The molecule has 30 heavy (non-hydrogen) atoms. The summed E-state index contributed by atoms with van der Waals surface area (Å²) in [6.45, 7) is 0. The van der Waals surface area contributed by atoms with Crippen LogP contribution in [0.2, 0.25) is 0 Å². The largest absolute Gasteiger partial charge is 0.390 e. The fourth-order valence-electron chi connectivity index (χ4n) is 6.17. The molecule has 3 aliphatic carbocycles. The van der Waals surface area contributed by atoms with Crippen LogP contribution in [0.1, 0.15) is 44.1 Å². The molecule has 1 aromatic rings. The number of fused-ring (bicyclic) bond motifs is 2. The molecule has 0 radical (unpaired) electrons. The van der Waals surface area contributed by atoms with E-state index in [1.807, 2.05) is 24.3 Å². The lowest BCUT2D eigenvalue weighted by Gasteiger charge is -2.38. The highest BCUT2D eigenvalue weighted by atomic mass is 35.5. The summed E-state index contributed by atoms with van der Waals surface area (Å²) in [7, 11) is 0. The van der Waals surface area contributed by atoms with Crippen LogP contribution in [0, 0.1) is 23.7 Å². The van der Waals surface area contributed by atoms with E-state index in [4.69, 9.17) is 11.6 Å². The molecule has 1 heterocycles. The van der Waals surface area contributed by atoms with Crippen LogP contribution in [0.25, 0.3) is 0 Å². The van der Waals surface area contributed by atoms with E-state index in [-0.39, 0.29) is 23.2 Å². The Kier molecular flexibility index (Phi) is 5.72. The number of aliphatic imine (C=N–C) groups is 1. The van der Waals surface area contributed by atoms with Crippen molar-refractivity contribution in [3.63, 3.8) is 0 Å². The molecule has 5 unspecified atom stereocenters. The molecule has 3 saturated carbocycles. The van der Waals surface area contributed by atoms with Gasteiger partial charge in [0, 0.05) is 11.8 Å². The van der Waals surface area contributed by atoms with Crippen LogP contribution >= 0.6 is 23.4 Å². The minimum absolute atomic E-state index is 0.0411. The van der Waals surface area contributed by atoms with Gasteiger partial charge in [-0.15, -0.1) is 11.8 Å². The summed E-state index contributed by atoms with van der Waals surface area (Å²) in [5.41, 5.74) is 0.727. The average Bonchev–Trinajstić information content (AvgIpc) is 2.90. The molecule has 0 spiro atoms. The summed E-state index contributed by atoms with van der Waals surface area (Å²) in [6.07, 6.45) is 9.69. The second kappa shape index (κ2) is 8.33. The number of allylic oxidation sites excluding steroid dienone is 1. The summed E-state index contributed by atoms with van der Waals surface area (Å²) in [4.78, 5) is 17.9. The first-order chi connectivity index (χ1) is 14.5. The Labute approximate surface area is 187 Å². The first-order valence-electron chi connectivity index (χ1n) is 11.1. The number of nitrogens with zero attached hydrogens (tertiary/aromatic N) is 1. The number of carbonyl (C=O) groups is 1. The maximum absolute atomic E-state index is 13.3. The predicted molar refractivity (Wildman–Crippen MR) is 122 cm³/mol. The molecule has 160 valence electrons. The van der Waals surface area contributed by atoms with Gasteiger partial charge in [-0.2, -0.15) is 0 Å². The molecule has 0 aromatic heterocycles. The number of nitrogens with one attached hydrogen (secondary N) is 1. The van der Waals surface area contributed by atoms with Crippen molar-refractivity contribution in [1.82, 2.24) is 5.32 Å². The Morgan fingerprint density at radius 3 is 2.77 bits per heavy atom. The molecule has 3 fully saturated rings. The highest BCUT2D eigenvalue weighted by Gasteiger charge is 2.53. The number of halogens is 1. The number of benzene rings is 1. The lowest BCUT2D eigenvalue weighted by molar-refractivity contribution is -0.125. The van der Waals surface area contributed by atoms with Crippen molar-refractivity contribution >= 4 is 34.4 Å². The van der Waals surface area contributed by atoms with Crippen molar-refractivity contribution in [2.75, 3.05) is 0 Å². The summed E-state index contributed by atoms with van der Waals surface area (Å²) in [5, 5.41) is 14.5.